The summed E-state index contributed by atoms with van der Waals surface area (Å²) in [4.78, 5) is 2.42. The van der Waals surface area contributed by atoms with Crippen molar-refractivity contribution >= 4 is 23.6 Å². The zero-order chi connectivity index (χ0) is 21.0. The van der Waals surface area contributed by atoms with E-state index >= 15 is 0 Å². The Kier molecular flexibility index (Phi) is 5.98. The number of rotatable bonds is 6. The molecule has 30 heavy (non-hydrogen) atoms. The summed E-state index contributed by atoms with van der Waals surface area (Å²) in [7, 11) is 2.00. The number of hydrogen-bond acceptors (Lipinski definition) is 1. The van der Waals surface area contributed by atoms with Crippen molar-refractivity contribution in [1.29, 1.82) is 0 Å². The first-order valence-corrected chi connectivity index (χ1v) is 12.6. The maximum atomic E-state index is 2.42. The molecule has 0 unspecified atom stereocenters. The molecule has 4 aromatic rings. The number of aryl methyl sites for hydroxylation is 1. The lowest BCUT2D eigenvalue weighted by Crippen LogP contribution is -2.73. The summed E-state index contributed by atoms with van der Waals surface area (Å²) in [6, 6.07) is 42.6. The molecule has 0 saturated carbocycles. The molecule has 0 aliphatic rings. The van der Waals surface area contributed by atoms with Crippen molar-refractivity contribution in [1.82, 2.24) is 4.90 Å². The first-order chi connectivity index (χ1) is 14.6. The van der Waals surface area contributed by atoms with E-state index in [-0.39, 0.29) is 5.67 Å². The van der Waals surface area contributed by atoms with Crippen LogP contribution in [0.25, 0.3) is 0 Å². The second-order valence-electron chi connectivity index (χ2n) is 8.18. The van der Waals surface area contributed by atoms with E-state index in [4.69, 9.17) is 0 Å². The van der Waals surface area contributed by atoms with Crippen molar-refractivity contribution in [2.45, 2.75) is 12.6 Å². The van der Waals surface area contributed by atoms with E-state index < -0.39 is 8.07 Å². The van der Waals surface area contributed by atoms with Crippen molar-refractivity contribution < 1.29 is 0 Å². The quantitative estimate of drug-likeness (QED) is 0.340. The molecule has 2 heteroatoms. The van der Waals surface area contributed by atoms with E-state index in [1.807, 2.05) is 0 Å². The van der Waals surface area contributed by atoms with Gasteiger partial charge >= 0.3 is 0 Å². The highest BCUT2D eigenvalue weighted by Gasteiger charge is 2.48. The summed E-state index contributed by atoms with van der Waals surface area (Å²) < 4.78 is 0. The SMILES string of the molecule is Cc1ccc([C@@H](N(C)C)[Si](c2ccccc2)(c2ccccc2)c2ccccc2)cc1. The third-order valence-electron chi connectivity index (χ3n) is 6.01. The maximum Gasteiger partial charge on any atom is 0.170 e. The lowest BCUT2D eigenvalue weighted by atomic mass is 10.1. The van der Waals surface area contributed by atoms with E-state index in [1.165, 1.54) is 26.7 Å². The van der Waals surface area contributed by atoms with Crippen LogP contribution in [0.2, 0.25) is 0 Å². The zero-order valence-corrected chi connectivity index (χ0v) is 19.0. The topological polar surface area (TPSA) is 3.24 Å². The van der Waals surface area contributed by atoms with Gasteiger partial charge in [0.1, 0.15) is 0 Å². The summed E-state index contributed by atoms with van der Waals surface area (Å²) >= 11 is 0. The highest BCUT2D eigenvalue weighted by molar-refractivity contribution is 7.12. The fourth-order valence-electron chi connectivity index (χ4n) is 4.76. The fourth-order valence-corrected chi connectivity index (χ4v) is 10.3. The van der Waals surface area contributed by atoms with Gasteiger partial charge in [0.2, 0.25) is 0 Å². The standard InChI is InChI=1S/C28H29NSi/c1-23-19-21-24(22-20-23)28(29(2)3)30(25-13-7-4-8-14-25,26-15-9-5-10-16-26)27-17-11-6-12-18-27/h4-22,28H,1-3H3/t28-/m0/s1. The van der Waals surface area contributed by atoms with Crippen molar-refractivity contribution in [2.24, 2.45) is 0 Å². The van der Waals surface area contributed by atoms with Crippen molar-refractivity contribution in [3.63, 3.8) is 0 Å². The first-order valence-electron chi connectivity index (χ1n) is 10.5. The maximum absolute atomic E-state index is 2.45. The molecule has 1 nitrogen and oxygen atoms in total. The predicted octanol–water partition coefficient (Wildman–Crippen LogP) is 4.31. The lowest BCUT2D eigenvalue weighted by Gasteiger charge is -2.44. The van der Waals surface area contributed by atoms with Gasteiger partial charge in [0, 0.05) is 5.67 Å². The molecule has 150 valence electrons. The first kappa shape index (κ1) is 20.3. The molecular formula is C28H29NSi. The van der Waals surface area contributed by atoms with Crippen LogP contribution in [0.3, 0.4) is 0 Å². The molecule has 0 heterocycles. The van der Waals surface area contributed by atoms with E-state index in [1.54, 1.807) is 0 Å². The van der Waals surface area contributed by atoms with Gasteiger partial charge in [-0.25, -0.2) is 0 Å². The van der Waals surface area contributed by atoms with Crippen molar-refractivity contribution in [2.75, 3.05) is 14.1 Å². The number of nitrogens with zero attached hydrogens (tertiary/aromatic N) is 1. The van der Waals surface area contributed by atoms with Gasteiger partial charge in [-0.3, -0.25) is 0 Å². The number of hydrogen-bond donors (Lipinski definition) is 0. The largest absolute Gasteiger partial charge is 0.304 e. The summed E-state index contributed by atoms with van der Waals surface area (Å²) in [6.45, 7) is 2.16. The molecule has 0 fully saturated rings. The zero-order valence-electron chi connectivity index (χ0n) is 18.0. The van der Waals surface area contributed by atoms with Crippen LogP contribution in [0.5, 0.6) is 0 Å². The van der Waals surface area contributed by atoms with E-state index in [2.05, 4.69) is 141 Å². The van der Waals surface area contributed by atoms with Gasteiger partial charge in [-0.05, 0) is 42.1 Å². The Balaban J connectivity index is 2.12. The molecule has 0 amide bonds. The molecule has 0 aromatic heterocycles. The summed E-state index contributed by atoms with van der Waals surface area (Å²) in [5.74, 6) is 0. The Morgan fingerprint density at radius 3 is 1.23 bits per heavy atom. The van der Waals surface area contributed by atoms with Gasteiger partial charge in [0.15, 0.2) is 8.07 Å². The van der Waals surface area contributed by atoms with Gasteiger partial charge < -0.3 is 4.90 Å². The van der Waals surface area contributed by atoms with Crippen LogP contribution >= 0.6 is 0 Å². The van der Waals surface area contributed by atoms with Crippen LogP contribution in [0.15, 0.2) is 115 Å². The monoisotopic (exact) mass is 407 g/mol. The summed E-state index contributed by atoms with van der Waals surface area (Å²) in [5, 5.41) is 4.30. The van der Waals surface area contributed by atoms with Gasteiger partial charge in [-0.1, -0.05) is 121 Å². The molecule has 0 radical (unpaired) electrons. The third-order valence-corrected chi connectivity index (χ3v) is 11.4. The van der Waals surface area contributed by atoms with Crippen LogP contribution in [-0.4, -0.2) is 27.1 Å². The van der Waals surface area contributed by atoms with Crippen LogP contribution in [0, 0.1) is 6.92 Å². The summed E-state index contributed by atoms with van der Waals surface area (Å²) in [5.41, 5.74) is 2.92. The highest BCUT2D eigenvalue weighted by Crippen LogP contribution is 2.29. The average Bonchev–Trinajstić information content (AvgIpc) is 2.80. The molecular weight excluding hydrogens is 378 g/mol. The van der Waals surface area contributed by atoms with Gasteiger partial charge in [0.25, 0.3) is 0 Å². The second kappa shape index (κ2) is 8.82. The Hall–Kier alpha value is -2.94. The van der Waals surface area contributed by atoms with E-state index in [0.29, 0.717) is 0 Å². The van der Waals surface area contributed by atoms with E-state index in [0.717, 1.165) is 0 Å². The second-order valence-corrected chi connectivity index (χ2v) is 12.1. The Labute approximate surface area is 181 Å². The van der Waals surface area contributed by atoms with Gasteiger partial charge in [0.05, 0.1) is 0 Å². The molecule has 4 aromatic carbocycles. The minimum absolute atomic E-state index is 0.255. The lowest BCUT2D eigenvalue weighted by molar-refractivity contribution is 0.375. The number of benzene rings is 4. The van der Waals surface area contributed by atoms with Crippen LogP contribution in [0.1, 0.15) is 16.8 Å². The molecule has 0 bridgehead atoms. The van der Waals surface area contributed by atoms with Crippen LogP contribution in [0.4, 0.5) is 0 Å². The van der Waals surface area contributed by atoms with Gasteiger partial charge in [-0.2, -0.15) is 0 Å². The molecule has 0 aliphatic carbocycles. The fraction of sp³-hybridized carbons (Fsp3) is 0.143. The molecule has 1 atom stereocenters. The Morgan fingerprint density at radius 1 is 0.533 bits per heavy atom. The van der Waals surface area contributed by atoms with Crippen molar-refractivity contribution in [3.05, 3.63) is 126 Å². The molecule has 0 spiro atoms. The molecule has 4 rings (SSSR count). The Bertz CT molecular complexity index is 961. The van der Waals surface area contributed by atoms with Crippen LogP contribution in [-0.2, 0) is 0 Å². The molecule has 0 aliphatic heterocycles. The van der Waals surface area contributed by atoms with Crippen LogP contribution < -0.4 is 15.6 Å². The highest BCUT2D eigenvalue weighted by atomic mass is 28.3. The minimum Gasteiger partial charge on any atom is -0.304 e. The third kappa shape index (κ3) is 3.65. The molecule has 0 saturated heterocycles. The van der Waals surface area contributed by atoms with Crippen molar-refractivity contribution in [3.8, 4) is 0 Å². The van der Waals surface area contributed by atoms with E-state index in [9.17, 15) is 0 Å². The molecule has 0 N–H and O–H groups in total. The minimum atomic E-state index is -2.45. The van der Waals surface area contributed by atoms with Gasteiger partial charge in [-0.15, -0.1) is 0 Å². The summed E-state index contributed by atoms with van der Waals surface area (Å²) in [6.07, 6.45) is 0. The average molecular weight is 408 g/mol. The predicted molar refractivity (Wildman–Crippen MR) is 132 cm³/mol. The smallest absolute Gasteiger partial charge is 0.170 e. The Morgan fingerprint density at radius 2 is 0.900 bits per heavy atom. The normalized spacial score (nSPS) is 12.7.